The van der Waals surface area contributed by atoms with E-state index in [1.807, 2.05) is 24.4 Å². The van der Waals surface area contributed by atoms with E-state index in [0.29, 0.717) is 5.02 Å². The van der Waals surface area contributed by atoms with E-state index in [1.54, 1.807) is 18.2 Å². The van der Waals surface area contributed by atoms with Crippen LogP contribution in [0.15, 0.2) is 53.6 Å². The minimum atomic E-state index is -3.55. The Balaban J connectivity index is 1.29. The molecular formula is C21H23Cl2N3O2S. The van der Waals surface area contributed by atoms with Crippen molar-refractivity contribution in [1.82, 2.24) is 14.6 Å². The van der Waals surface area contributed by atoms with Crippen molar-refractivity contribution >= 4 is 44.1 Å². The maximum Gasteiger partial charge on any atom is 0.240 e. The summed E-state index contributed by atoms with van der Waals surface area (Å²) in [7, 11) is -3.55. The van der Waals surface area contributed by atoms with Crippen molar-refractivity contribution in [3.05, 3.63) is 64.3 Å². The van der Waals surface area contributed by atoms with Crippen LogP contribution in [0.4, 0.5) is 0 Å². The molecule has 3 aromatic rings. The summed E-state index contributed by atoms with van der Waals surface area (Å²) in [5.41, 5.74) is 2.36. The molecule has 1 aromatic heterocycles. The quantitative estimate of drug-likeness (QED) is 0.557. The lowest BCUT2D eigenvalue weighted by atomic mass is 10.1. The van der Waals surface area contributed by atoms with E-state index in [9.17, 15) is 8.42 Å². The third kappa shape index (κ3) is 4.95. The first-order valence-electron chi connectivity index (χ1n) is 9.66. The van der Waals surface area contributed by atoms with Crippen molar-refractivity contribution < 1.29 is 8.42 Å². The summed E-state index contributed by atoms with van der Waals surface area (Å²) in [5, 5.41) is 2.33. The van der Waals surface area contributed by atoms with Crippen molar-refractivity contribution in [2.24, 2.45) is 0 Å². The van der Waals surface area contributed by atoms with Crippen LogP contribution < -0.4 is 4.72 Å². The number of hydrogen-bond donors (Lipinski definition) is 2. The van der Waals surface area contributed by atoms with Crippen molar-refractivity contribution in [1.29, 1.82) is 0 Å². The standard InChI is InChI=1S/C21H23Cl2N3O2S/c22-16-4-1-5-19(11-16)29(27,28)25-18-8-10-26(14-18)9-2-3-15-13-24-21-7-6-17(23)12-20(15)21/h1,4-7,11-13,18,24-25H,2-3,8-10,14H2. The number of aromatic amines is 1. The molecule has 29 heavy (non-hydrogen) atoms. The number of sulfonamides is 1. The number of hydrogen-bond acceptors (Lipinski definition) is 3. The molecule has 1 saturated heterocycles. The van der Waals surface area contributed by atoms with E-state index in [2.05, 4.69) is 14.6 Å². The van der Waals surface area contributed by atoms with E-state index in [4.69, 9.17) is 23.2 Å². The number of benzene rings is 2. The minimum absolute atomic E-state index is 0.0779. The highest BCUT2D eigenvalue weighted by Crippen LogP contribution is 2.24. The molecule has 0 radical (unpaired) electrons. The Bertz CT molecular complexity index is 1110. The molecule has 1 fully saturated rings. The van der Waals surface area contributed by atoms with Gasteiger partial charge in [-0.15, -0.1) is 0 Å². The van der Waals surface area contributed by atoms with Crippen molar-refractivity contribution in [3.8, 4) is 0 Å². The second kappa shape index (κ2) is 8.66. The van der Waals surface area contributed by atoms with Gasteiger partial charge in [0.15, 0.2) is 0 Å². The molecular weight excluding hydrogens is 429 g/mol. The van der Waals surface area contributed by atoms with Crippen LogP contribution in [0, 0.1) is 0 Å². The minimum Gasteiger partial charge on any atom is -0.361 e. The Hall–Kier alpha value is -1.57. The van der Waals surface area contributed by atoms with Crippen molar-refractivity contribution in [2.45, 2.75) is 30.2 Å². The molecule has 2 N–H and O–H groups in total. The number of H-pyrrole nitrogens is 1. The van der Waals surface area contributed by atoms with Gasteiger partial charge in [0.25, 0.3) is 0 Å². The SMILES string of the molecule is O=S(=O)(NC1CCN(CCCc2c[nH]c3ccc(Cl)cc23)C1)c1cccc(Cl)c1. The molecule has 8 heteroatoms. The molecule has 5 nitrogen and oxygen atoms in total. The van der Waals surface area contributed by atoms with Gasteiger partial charge in [-0.1, -0.05) is 29.3 Å². The third-order valence-corrected chi connectivity index (χ3v) is 7.34. The van der Waals surface area contributed by atoms with Crippen molar-refractivity contribution in [3.63, 3.8) is 0 Å². The molecule has 4 rings (SSSR count). The van der Waals surface area contributed by atoms with Gasteiger partial charge in [0.05, 0.1) is 4.90 Å². The number of rotatable bonds is 7. The van der Waals surface area contributed by atoms with Gasteiger partial charge in [0.2, 0.25) is 10.0 Å². The monoisotopic (exact) mass is 451 g/mol. The van der Waals surface area contributed by atoms with E-state index < -0.39 is 10.0 Å². The average molecular weight is 452 g/mol. The highest BCUT2D eigenvalue weighted by atomic mass is 35.5. The number of fused-ring (bicyclic) bond motifs is 1. The molecule has 2 heterocycles. The Morgan fingerprint density at radius 1 is 1.14 bits per heavy atom. The van der Waals surface area contributed by atoms with Crippen LogP contribution in [0.2, 0.25) is 10.0 Å². The maximum atomic E-state index is 12.6. The number of halogens is 2. The van der Waals surface area contributed by atoms with E-state index in [-0.39, 0.29) is 10.9 Å². The molecule has 1 aliphatic heterocycles. The van der Waals surface area contributed by atoms with Crippen molar-refractivity contribution in [2.75, 3.05) is 19.6 Å². The maximum absolute atomic E-state index is 12.6. The summed E-state index contributed by atoms with van der Waals surface area (Å²) >= 11 is 12.0. The first-order valence-corrected chi connectivity index (χ1v) is 11.9. The molecule has 1 aliphatic rings. The highest BCUT2D eigenvalue weighted by molar-refractivity contribution is 7.89. The van der Waals surface area contributed by atoms with E-state index >= 15 is 0 Å². The summed E-state index contributed by atoms with van der Waals surface area (Å²) in [5.74, 6) is 0. The number of likely N-dealkylation sites (tertiary alicyclic amines) is 1. The average Bonchev–Trinajstić information content (AvgIpc) is 3.28. The fraction of sp³-hybridized carbons (Fsp3) is 0.333. The lowest BCUT2D eigenvalue weighted by molar-refractivity contribution is 0.327. The molecule has 1 unspecified atom stereocenters. The predicted molar refractivity (Wildman–Crippen MR) is 118 cm³/mol. The van der Waals surface area contributed by atoms with Gasteiger partial charge in [-0.25, -0.2) is 13.1 Å². The second-order valence-corrected chi connectivity index (χ2v) is 10.1. The first kappa shape index (κ1) is 20.7. The molecule has 0 saturated carbocycles. The second-order valence-electron chi connectivity index (χ2n) is 7.47. The molecule has 0 bridgehead atoms. The molecule has 154 valence electrons. The van der Waals surface area contributed by atoms with Crippen LogP contribution in [0.5, 0.6) is 0 Å². The summed E-state index contributed by atoms with van der Waals surface area (Å²) in [6, 6.07) is 12.2. The number of aryl methyl sites for hydroxylation is 1. The zero-order chi connectivity index (χ0) is 20.4. The van der Waals surface area contributed by atoms with Crippen LogP contribution >= 0.6 is 23.2 Å². The number of aromatic nitrogens is 1. The zero-order valence-electron chi connectivity index (χ0n) is 15.9. The van der Waals surface area contributed by atoms with Crippen LogP contribution in [0.1, 0.15) is 18.4 Å². The largest absolute Gasteiger partial charge is 0.361 e. The van der Waals surface area contributed by atoms with Gasteiger partial charge in [-0.3, -0.25) is 0 Å². The van der Waals surface area contributed by atoms with Gasteiger partial charge in [0.1, 0.15) is 0 Å². The molecule has 0 amide bonds. The number of nitrogens with one attached hydrogen (secondary N) is 2. The van der Waals surface area contributed by atoms with Gasteiger partial charge >= 0.3 is 0 Å². The van der Waals surface area contributed by atoms with Crippen LogP contribution in [0.3, 0.4) is 0 Å². The smallest absolute Gasteiger partial charge is 0.240 e. The summed E-state index contributed by atoms with van der Waals surface area (Å²) in [6.45, 7) is 2.55. The fourth-order valence-corrected chi connectivity index (χ4v) is 5.64. The predicted octanol–water partition coefficient (Wildman–Crippen LogP) is 4.46. The van der Waals surface area contributed by atoms with E-state index in [1.165, 1.54) is 17.0 Å². The summed E-state index contributed by atoms with van der Waals surface area (Å²) in [6.07, 6.45) is 4.82. The third-order valence-electron chi connectivity index (χ3n) is 5.35. The van der Waals surface area contributed by atoms with Gasteiger partial charge in [0, 0.05) is 39.7 Å². The van der Waals surface area contributed by atoms with E-state index in [0.717, 1.165) is 49.4 Å². The van der Waals surface area contributed by atoms with Crippen LogP contribution in [0.25, 0.3) is 10.9 Å². The Morgan fingerprint density at radius 3 is 2.79 bits per heavy atom. The number of nitrogens with zero attached hydrogens (tertiary/aromatic N) is 1. The fourth-order valence-electron chi connectivity index (χ4n) is 3.90. The summed E-state index contributed by atoms with van der Waals surface area (Å²) < 4.78 is 27.9. The zero-order valence-corrected chi connectivity index (χ0v) is 18.2. The Morgan fingerprint density at radius 2 is 1.97 bits per heavy atom. The summed E-state index contributed by atoms with van der Waals surface area (Å²) in [4.78, 5) is 5.81. The Kier molecular flexibility index (Phi) is 6.18. The lowest BCUT2D eigenvalue weighted by Crippen LogP contribution is -2.37. The topological polar surface area (TPSA) is 65.2 Å². The normalized spacial score (nSPS) is 17.9. The van der Waals surface area contributed by atoms with Gasteiger partial charge in [-0.2, -0.15) is 0 Å². The lowest BCUT2D eigenvalue weighted by Gasteiger charge is -2.17. The molecule has 1 atom stereocenters. The molecule has 0 aliphatic carbocycles. The first-order chi connectivity index (χ1) is 13.9. The van der Waals surface area contributed by atoms with Gasteiger partial charge in [-0.05, 0) is 74.3 Å². The van der Waals surface area contributed by atoms with Crippen LogP contribution in [-0.2, 0) is 16.4 Å². The molecule has 0 spiro atoms. The highest BCUT2D eigenvalue weighted by Gasteiger charge is 2.27. The Labute approximate surface area is 181 Å². The van der Waals surface area contributed by atoms with Gasteiger partial charge < -0.3 is 9.88 Å². The molecule has 2 aromatic carbocycles. The van der Waals surface area contributed by atoms with Crippen LogP contribution in [-0.4, -0.2) is 44.0 Å².